The minimum Gasteiger partial charge on any atom is -0.512 e. The molecule has 0 spiro atoms. The molecule has 3 rings (SSSR count). The van der Waals surface area contributed by atoms with Crippen LogP contribution < -0.4 is 15.5 Å². The highest BCUT2D eigenvalue weighted by molar-refractivity contribution is 6.09. The Kier molecular flexibility index (Phi) is 8.93. The second kappa shape index (κ2) is 11.8. The number of aliphatic hydroxyl groups excluding tert-OH is 1. The van der Waals surface area contributed by atoms with Crippen LogP contribution >= 0.6 is 0 Å². The van der Waals surface area contributed by atoms with E-state index in [1.807, 2.05) is 19.0 Å². The van der Waals surface area contributed by atoms with E-state index in [1.165, 1.54) is 12.5 Å². The second-order valence-electron chi connectivity index (χ2n) is 10.4. The van der Waals surface area contributed by atoms with E-state index >= 15 is 0 Å². The molecular formula is C26H32F3N9O2. The minimum absolute atomic E-state index is 0.0107. The first-order chi connectivity index (χ1) is 18.6. The van der Waals surface area contributed by atoms with E-state index in [-0.39, 0.29) is 22.7 Å². The van der Waals surface area contributed by atoms with Crippen LogP contribution in [0.4, 0.5) is 30.6 Å². The monoisotopic (exact) mass is 559 g/mol. The van der Waals surface area contributed by atoms with Gasteiger partial charge in [0.25, 0.3) is 5.91 Å². The van der Waals surface area contributed by atoms with Crippen molar-refractivity contribution in [1.29, 1.82) is 5.41 Å². The Balaban J connectivity index is 1.98. The molecule has 0 unspecified atom stereocenters. The van der Waals surface area contributed by atoms with E-state index in [0.29, 0.717) is 18.0 Å². The summed E-state index contributed by atoms with van der Waals surface area (Å²) >= 11 is 0. The predicted molar refractivity (Wildman–Crippen MR) is 147 cm³/mol. The Morgan fingerprint density at radius 1 is 1.10 bits per heavy atom. The first-order valence-corrected chi connectivity index (χ1v) is 12.2. The molecule has 0 aliphatic carbocycles. The number of rotatable bonds is 8. The third-order valence-electron chi connectivity index (χ3n) is 5.73. The molecular weight excluding hydrogens is 527 g/mol. The van der Waals surface area contributed by atoms with Crippen molar-refractivity contribution in [1.82, 2.24) is 30.2 Å². The number of nitrogens with zero attached hydrogens (tertiary/aromatic N) is 6. The molecule has 0 saturated heterocycles. The van der Waals surface area contributed by atoms with Crippen molar-refractivity contribution in [2.75, 3.05) is 44.4 Å². The van der Waals surface area contributed by atoms with Gasteiger partial charge in [-0.1, -0.05) is 20.8 Å². The number of aliphatic hydroxyl groups is 1. The molecule has 0 bridgehead atoms. The third-order valence-corrected chi connectivity index (χ3v) is 5.73. The third kappa shape index (κ3) is 7.62. The van der Waals surface area contributed by atoms with Crippen molar-refractivity contribution in [3.63, 3.8) is 0 Å². The smallest absolute Gasteiger partial charge is 0.418 e. The summed E-state index contributed by atoms with van der Waals surface area (Å²) in [6.45, 7) is 6.47. The number of halogens is 3. The van der Waals surface area contributed by atoms with Crippen LogP contribution in [-0.4, -0.2) is 75.9 Å². The molecule has 11 nitrogen and oxygen atoms in total. The Morgan fingerprint density at radius 2 is 1.80 bits per heavy atom. The molecule has 0 atom stereocenters. The van der Waals surface area contributed by atoms with Gasteiger partial charge in [-0.05, 0) is 32.3 Å². The highest BCUT2D eigenvalue weighted by atomic mass is 19.4. The van der Waals surface area contributed by atoms with Gasteiger partial charge in [0.1, 0.15) is 29.0 Å². The number of carbonyl (C=O) groups is 1. The average molecular weight is 560 g/mol. The van der Waals surface area contributed by atoms with Gasteiger partial charge in [0.05, 0.1) is 17.4 Å². The number of amidine groups is 1. The number of allylic oxidation sites excluding steroid dienone is 1. The van der Waals surface area contributed by atoms with Gasteiger partial charge in [-0.2, -0.15) is 13.2 Å². The molecule has 2 aromatic heterocycles. The van der Waals surface area contributed by atoms with Gasteiger partial charge in [-0.15, -0.1) is 0 Å². The van der Waals surface area contributed by atoms with Crippen molar-refractivity contribution in [2.45, 2.75) is 26.9 Å². The lowest BCUT2D eigenvalue weighted by atomic mass is 9.93. The summed E-state index contributed by atoms with van der Waals surface area (Å²) in [6.07, 6.45) is -1.05. The van der Waals surface area contributed by atoms with Crippen LogP contribution in [0.3, 0.4) is 0 Å². The van der Waals surface area contributed by atoms with Crippen molar-refractivity contribution < 1.29 is 23.1 Å². The highest BCUT2D eigenvalue weighted by Gasteiger charge is 2.34. The van der Waals surface area contributed by atoms with Crippen LogP contribution in [0.25, 0.3) is 11.0 Å². The second-order valence-corrected chi connectivity index (χ2v) is 10.4. The van der Waals surface area contributed by atoms with Gasteiger partial charge < -0.3 is 25.5 Å². The number of hydrogen-bond donors (Lipinski definition) is 4. The van der Waals surface area contributed by atoms with Gasteiger partial charge in [-0.3, -0.25) is 10.2 Å². The predicted octanol–water partition coefficient (Wildman–Crippen LogP) is 4.38. The van der Waals surface area contributed by atoms with Crippen molar-refractivity contribution in [3.05, 3.63) is 53.7 Å². The Labute approximate surface area is 229 Å². The van der Waals surface area contributed by atoms with Crippen LogP contribution in [0.1, 0.15) is 36.7 Å². The van der Waals surface area contributed by atoms with Gasteiger partial charge in [0, 0.05) is 37.2 Å². The van der Waals surface area contributed by atoms with E-state index in [4.69, 9.17) is 5.41 Å². The number of amides is 1. The van der Waals surface area contributed by atoms with Crippen LogP contribution in [0, 0.1) is 10.8 Å². The Hall–Kier alpha value is -4.33. The van der Waals surface area contributed by atoms with Gasteiger partial charge in [0.15, 0.2) is 5.82 Å². The zero-order chi connectivity index (χ0) is 29.8. The van der Waals surface area contributed by atoms with Crippen LogP contribution in [0.15, 0.2) is 42.6 Å². The van der Waals surface area contributed by atoms with E-state index < -0.39 is 34.6 Å². The maximum Gasteiger partial charge on any atom is 0.418 e. The number of nitrogens with one attached hydrogen (secondary N) is 3. The molecule has 3 aromatic rings. The number of anilines is 3. The normalized spacial score (nSPS) is 12.5. The van der Waals surface area contributed by atoms with Gasteiger partial charge in [-0.25, -0.2) is 19.9 Å². The summed E-state index contributed by atoms with van der Waals surface area (Å²) in [4.78, 5) is 33.5. The zero-order valence-electron chi connectivity index (χ0n) is 23.1. The molecule has 0 aliphatic rings. The quantitative estimate of drug-likeness (QED) is 0.180. The highest BCUT2D eigenvalue weighted by Crippen LogP contribution is 2.37. The SMILES string of the molecule is CN(C)CCN(C)c1ncc2ncnc(Nc3cc(C(=O)NC(=N)/C=C(\O)C(C)(C)C)ccc3C(F)(F)F)c2n1. The molecule has 0 fully saturated rings. The first-order valence-electron chi connectivity index (χ1n) is 12.2. The zero-order valence-corrected chi connectivity index (χ0v) is 23.1. The summed E-state index contributed by atoms with van der Waals surface area (Å²) < 4.78 is 41.7. The molecule has 2 heterocycles. The topological polar surface area (TPSA) is 143 Å². The summed E-state index contributed by atoms with van der Waals surface area (Å²) in [5, 5.41) is 23.0. The summed E-state index contributed by atoms with van der Waals surface area (Å²) in [5.41, 5.74) is -1.79. The largest absolute Gasteiger partial charge is 0.512 e. The van der Waals surface area contributed by atoms with Crippen LogP contribution in [-0.2, 0) is 6.18 Å². The van der Waals surface area contributed by atoms with E-state index in [9.17, 15) is 23.1 Å². The number of benzene rings is 1. The molecule has 214 valence electrons. The molecule has 14 heteroatoms. The maximum absolute atomic E-state index is 13.9. The fourth-order valence-corrected chi connectivity index (χ4v) is 3.32. The fraction of sp³-hybridized carbons (Fsp3) is 0.385. The molecule has 0 radical (unpaired) electrons. The lowest BCUT2D eigenvalue weighted by molar-refractivity contribution is -0.136. The number of carbonyl (C=O) groups excluding carboxylic acids is 1. The lowest BCUT2D eigenvalue weighted by Crippen LogP contribution is -2.29. The number of likely N-dealkylation sites (N-methyl/N-ethyl adjacent to an activating group) is 2. The average Bonchev–Trinajstić information content (AvgIpc) is 2.85. The van der Waals surface area contributed by atoms with Gasteiger partial charge in [0.2, 0.25) is 5.95 Å². The van der Waals surface area contributed by atoms with E-state index in [2.05, 4.69) is 30.6 Å². The first kappa shape index (κ1) is 30.2. The lowest BCUT2D eigenvalue weighted by Gasteiger charge is -2.20. The van der Waals surface area contributed by atoms with Crippen molar-refractivity contribution in [2.24, 2.45) is 5.41 Å². The molecule has 0 aliphatic heterocycles. The molecule has 0 saturated carbocycles. The molecule has 1 aromatic carbocycles. The molecule has 1 amide bonds. The van der Waals surface area contributed by atoms with Crippen LogP contribution in [0.5, 0.6) is 0 Å². The van der Waals surface area contributed by atoms with Crippen molar-refractivity contribution in [3.8, 4) is 0 Å². The summed E-state index contributed by atoms with van der Waals surface area (Å²) in [6, 6.07) is 2.78. The summed E-state index contributed by atoms with van der Waals surface area (Å²) in [5.74, 6) is -1.07. The van der Waals surface area contributed by atoms with E-state index in [1.54, 1.807) is 32.7 Å². The standard InChI is InChI=1S/C26H32F3N9O2/c1-25(2,3)19(39)12-20(30)35-23(40)15-7-8-16(26(27,28)29)17(11-15)34-22-21-18(32-14-33-22)13-31-24(36-21)38(6)10-9-37(4)5/h7-8,11-14,39H,9-10H2,1-6H3,(H2,30,35,40)(H,32,33,34)/b19-12-. The van der Waals surface area contributed by atoms with Crippen LogP contribution in [0.2, 0.25) is 0 Å². The van der Waals surface area contributed by atoms with Gasteiger partial charge >= 0.3 is 6.18 Å². The fourth-order valence-electron chi connectivity index (χ4n) is 3.32. The Morgan fingerprint density at radius 3 is 2.42 bits per heavy atom. The number of alkyl halides is 3. The minimum atomic E-state index is -4.75. The van der Waals surface area contributed by atoms with E-state index in [0.717, 1.165) is 30.8 Å². The maximum atomic E-state index is 13.9. The Bertz CT molecular complexity index is 1430. The molecule has 4 N–H and O–H groups in total. The summed E-state index contributed by atoms with van der Waals surface area (Å²) in [7, 11) is 5.64. The van der Waals surface area contributed by atoms with Crippen molar-refractivity contribution >= 4 is 40.2 Å². The number of fused-ring (bicyclic) bond motifs is 1. The number of aromatic nitrogens is 4. The molecule has 40 heavy (non-hydrogen) atoms. The number of hydrogen-bond acceptors (Lipinski definition) is 10.